The van der Waals surface area contributed by atoms with Gasteiger partial charge in [0.15, 0.2) is 5.13 Å². The van der Waals surface area contributed by atoms with Gasteiger partial charge in [0.05, 0.1) is 6.61 Å². The number of oxime groups is 1. The van der Waals surface area contributed by atoms with E-state index in [1.54, 1.807) is 0 Å². The molecule has 0 aromatic carbocycles. The maximum absolute atomic E-state index is 12.9. The highest BCUT2D eigenvalue weighted by atomic mass is 32.2. The number of aliphatic hydroxyl groups excluding tert-OH is 1. The zero-order valence-corrected chi connectivity index (χ0v) is 17.6. The first-order valence-electron chi connectivity index (χ1n) is 9.22. The van der Waals surface area contributed by atoms with Crippen LogP contribution in [0.15, 0.2) is 28.6 Å². The number of nitrogen functional groups attached to an aromatic ring is 1. The van der Waals surface area contributed by atoms with E-state index in [0.717, 1.165) is 29.3 Å². The van der Waals surface area contributed by atoms with Crippen LogP contribution in [0.1, 0.15) is 18.7 Å². The molecule has 3 heterocycles. The predicted molar refractivity (Wildman–Crippen MR) is 111 cm³/mol. The largest absolute Gasteiger partial charge is 0.477 e. The molecule has 0 radical (unpaired) electrons. The van der Waals surface area contributed by atoms with E-state index in [2.05, 4.69) is 19.8 Å². The van der Waals surface area contributed by atoms with Crippen LogP contribution in [0.5, 0.6) is 0 Å². The number of hydrogen-bond donors (Lipinski definition) is 4. The highest BCUT2D eigenvalue weighted by Gasteiger charge is 2.54. The fourth-order valence-electron chi connectivity index (χ4n) is 3.34. The number of carboxylic acids is 1. The van der Waals surface area contributed by atoms with E-state index in [1.807, 2.05) is 12.2 Å². The molecule has 1 fully saturated rings. The smallest absolute Gasteiger partial charge is 0.352 e. The minimum Gasteiger partial charge on any atom is -0.477 e. The fourth-order valence-corrected chi connectivity index (χ4v) is 5.11. The van der Waals surface area contributed by atoms with Gasteiger partial charge >= 0.3 is 5.97 Å². The van der Waals surface area contributed by atoms with Crippen molar-refractivity contribution in [2.24, 2.45) is 5.16 Å². The summed E-state index contributed by atoms with van der Waals surface area (Å²) in [6.45, 7) is -0.469. The summed E-state index contributed by atoms with van der Waals surface area (Å²) in [6.07, 6.45) is 5.04. The quantitative estimate of drug-likeness (QED) is 0.173. The number of aliphatic hydroxyl groups is 1. The lowest BCUT2D eigenvalue weighted by Crippen LogP contribution is -2.71. The van der Waals surface area contributed by atoms with Crippen LogP contribution in [-0.4, -0.2) is 77.8 Å². The van der Waals surface area contributed by atoms with Crippen LogP contribution in [0.25, 0.3) is 0 Å². The Hall–Kier alpha value is -2.97. The van der Waals surface area contributed by atoms with Crippen molar-refractivity contribution in [1.29, 1.82) is 0 Å². The molecular formula is C17H18N6O6S2. The highest BCUT2D eigenvalue weighted by molar-refractivity contribution is 8.00. The molecule has 1 aliphatic carbocycles. The van der Waals surface area contributed by atoms with Crippen LogP contribution in [0.4, 0.5) is 5.13 Å². The van der Waals surface area contributed by atoms with Crippen molar-refractivity contribution in [3.63, 3.8) is 0 Å². The van der Waals surface area contributed by atoms with Crippen molar-refractivity contribution >= 4 is 51.9 Å². The highest BCUT2D eigenvalue weighted by Crippen LogP contribution is 2.40. The minimum atomic E-state index is -1.31. The zero-order valence-electron chi connectivity index (χ0n) is 15.9. The van der Waals surface area contributed by atoms with Crippen LogP contribution in [0.2, 0.25) is 0 Å². The van der Waals surface area contributed by atoms with Crippen molar-refractivity contribution < 1.29 is 29.4 Å². The van der Waals surface area contributed by atoms with Gasteiger partial charge < -0.3 is 26.1 Å². The number of thioether (sulfide) groups is 1. The molecule has 1 saturated heterocycles. The van der Waals surface area contributed by atoms with Crippen LogP contribution in [-0.2, 0) is 19.2 Å². The monoisotopic (exact) mass is 466 g/mol. The van der Waals surface area contributed by atoms with E-state index < -0.39 is 35.8 Å². The van der Waals surface area contributed by atoms with Crippen LogP contribution in [0, 0.1) is 0 Å². The number of fused-ring (bicyclic) bond motifs is 1. The number of allylic oxidation sites excluding steroid dienone is 1. The average molecular weight is 467 g/mol. The molecule has 1 unspecified atom stereocenters. The number of hydrogen-bond acceptors (Lipinski definition) is 11. The number of amides is 2. The van der Waals surface area contributed by atoms with Crippen LogP contribution < -0.4 is 11.1 Å². The van der Waals surface area contributed by atoms with Gasteiger partial charge in [0.2, 0.25) is 11.5 Å². The molecule has 2 amide bonds. The molecular weight excluding hydrogens is 448 g/mol. The van der Waals surface area contributed by atoms with E-state index >= 15 is 0 Å². The number of aliphatic carboxylic acids is 1. The molecule has 0 bridgehead atoms. The van der Waals surface area contributed by atoms with E-state index in [9.17, 15) is 24.6 Å². The second-order valence-corrected chi connectivity index (χ2v) is 8.71. The van der Waals surface area contributed by atoms with Crippen molar-refractivity contribution in [1.82, 2.24) is 19.6 Å². The Bertz CT molecular complexity index is 1020. The first-order valence-corrected chi connectivity index (χ1v) is 11.0. The van der Waals surface area contributed by atoms with Gasteiger partial charge in [-0.1, -0.05) is 11.2 Å². The third kappa shape index (κ3) is 4.00. The lowest BCUT2D eigenvalue weighted by molar-refractivity contribution is -0.150. The van der Waals surface area contributed by atoms with Gasteiger partial charge in [0.25, 0.3) is 11.8 Å². The summed E-state index contributed by atoms with van der Waals surface area (Å²) in [7, 11) is 0. The molecule has 4 rings (SSSR count). The van der Waals surface area contributed by atoms with E-state index in [-0.39, 0.29) is 39.8 Å². The lowest BCUT2D eigenvalue weighted by Gasteiger charge is -2.49. The summed E-state index contributed by atoms with van der Waals surface area (Å²) >= 11 is 2.13. The fraction of sp³-hybridized carbons (Fsp3) is 0.412. The van der Waals surface area contributed by atoms with Crippen molar-refractivity contribution in [3.05, 3.63) is 29.2 Å². The molecule has 12 nitrogen and oxygen atoms in total. The summed E-state index contributed by atoms with van der Waals surface area (Å²) in [5.74, 6) is -2.46. The SMILES string of the molecule is Nc1nc(/C(=N/OC2C=CCC2)C(=O)N[C@@H]2C(=O)N3C(C(=O)O)=C(CO)CS[C@H]23)ns1. The average Bonchev–Trinajstić information content (AvgIpc) is 3.42. The maximum atomic E-state index is 12.9. The molecule has 0 spiro atoms. The molecule has 31 heavy (non-hydrogen) atoms. The van der Waals surface area contributed by atoms with Gasteiger partial charge in [-0.2, -0.15) is 9.36 Å². The topological polar surface area (TPSA) is 180 Å². The third-order valence-corrected chi connectivity index (χ3v) is 6.73. The number of nitrogens with zero attached hydrogens (tertiary/aromatic N) is 4. The normalized spacial score (nSPS) is 25.3. The molecule has 3 atom stereocenters. The van der Waals surface area contributed by atoms with Gasteiger partial charge in [-0.25, -0.2) is 4.79 Å². The van der Waals surface area contributed by atoms with E-state index in [4.69, 9.17) is 10.6 Å². The summed E-state index contributed by atoms with van der Waals surface area (Å²) in [5.41, 5.74) is 5.38. The van der Waals surface area contributed by atoms with Gasteiger partial charge in [-0.15, -0.1) is 11.8 Å². The minimum absolute atomic E-state index is 0.0319. The van der Waals surface area contributed by atoms with E-state index in [0.29, 0.717) is 0 Å². The summed E-state index contributed by atoms with van der Waals surface area (Å²) in [5, 5.41) is 24.8. The maximum Gasteiger partial charge on any atom is 0.352 e. The van der Waals surface area contributed by atoms with Gasteiger partial charge in [0, 0.05) is 17.3 Å². The predicted octanol–water partition coefficient (Wildman–Crippen LogP) is -0.709. The number of rotatable bonds is 7. The summed E-state index contributed by atoms with van der Waals surface area (Å²) in [4.78, 5) is 47.6. The van der Waals surface area contributed by atoms with Crippen molar-refractivity contribution in [3.8, 4) is 0 Å². The Morgan fingerprint density at radius 1 is 1.45 bits per heavy atom. The molecule has 1 aromatic rings. The first-order chi connectivity index (χ1) is 14.9. The molecule has 164 valence electrons. The lowest BCUT2D eigenvalue weighted by atomic mass is 10.0. The number of nitrogens with one attached hydrogen (secondary N) is 1. The van der Waals surface area contributed by atoms with Crippen LogP contribution in [0.3, 0.4) is 0 Å². The van der Waals surface area contributed by atoms with Crippen molar-refractivity contribution in [2.75, 3.05) is 18.1 Å². The number of carboxylic acid groups (broad SMARTS) is 1. The molecule has 2 aliphatic heterocycles. The standard InChI is InChI=1S/C17H18N6O6S2/c18-17-20-12(22-31-17)9(21-29-8-3-1-2-4-8)13(25)19-10-14(26)23-11(16(27)28)7(5-24)6-30-15(10)23/h1,3,8,10,15,24H,2,4-6H2,(H,19,25)(H,27,28)(H2,18,20,22)/b21-9-/t8?,10-,15-/m1/s1. The molecule has 1 aromatic heterocycles. The molecule has 3 aliphatic rings. The van der Waals surface area contributed by atoms with Crippen molar-refractivity contribution in [2.45, 2.75) is 30.4 Å². The summed E-state index contributed by atoms with van der Waals surface area (Å²) in [6, 6.07) is -0.973. The molecule has 14 heteroatoms. The number of carbonyl (C=O) groups excluding carboxylic acids is 2. The Kier molecular flexibility index (Phi) is 5.93. The number of carbonyl (C=O) groups is 3. The number of β-lactam (4-membered cyclic amide) rings is 1. The second-order valence-electron chi connectivity index (χ2n) is 6.82. The van der Waals surface area contributed by atoms with Gasteiger partial charge in [-0.05, 0) is 24.5 Å². The number of nitrogens with two attached hydrogens (primary N) is 1. The molecule has 5 N–H and O–H groups in total. The Labute approximate surface area is 184 Å². The van der Waals surface area contributed by atoms with E-state index in [1.165, 1.54) is 11.8 Å². The van der Waals surface area contributed by atoms with Gasteiger partial charge in [-0.3, -0.25) is 14.5 Å². The molecule has 0 saturated carbocycles. The van der Waals surface area contributed by atoms with Crippen LogP contribution >= 0.6 is 23.3 Å². The second kappa shape index (κ2) is 8.64. The number of aromatic nitrogens is 2. The summed E-state index contributed by atoms with van der Waals surface area (Å²) < 4.78 is 3.99. The van der Waals surface area contributed by atoms with Gasteiger partial charge in [0.1, 0.15) is 23.2 Å². The zero-order chi connectivity index (χ0) is 22.1. The Morgan fingerprint density at radius 2 is 2.26 bits per heavy atom. The number of anilines is 1. The third-order valence-electron chi connectivity index (χ3n) is 4.84. The Morgan fingerprint density at radius 3 is 2.87 bits per heavy atom. The Balaban J connectivity index is 1.52. The first kappa shape index (κ1) is 21.3.